The van der Waals surface area contributed by atoms with Gasteiger partial charge in [-0.2, -0.15) is 0 Å². The molecular formula is C21H22N4O4. The molecule has 8 heteroatoms. The van der Waals surface area contributed by atoms with E-state index in [1.807, 2.05) is 6.92 Å². The van der Waals surface area contributed by atoms with Gasteiger partial charge in [-0.25, -0.2) is 0 Å². The van der Waals surface area contributed by atoms with Gasteiger partial charge in [0, 0.05) is 18.5 Å². The number of pyridine rings is 1. The van der Waals surface area contributed by atoms with Crippen LogP contribution in [0, 0.1) is 13.8 Å². The normalized spacial score (nSPS) is 10.5. The first kappa shape index (κ1) is 20.1. The number of rotatable bonds is 6. The number of amides is 1. The van der Waals surface area contributed by atoms with E-state index in [9.17, 15) is 9.59 Å². The molecule has 2 heterocycles. The number of aromatic nitrogens is 3. The van der Waals surface area contributed by atoms with Crippen molar-refractivity contribution in [3.05, 3.63) is 75.7 Å². The lowest BCUT2D eigenvalue weighted by Gasteiger charge is -2.13. The first-order valence-electron chi connectivity index (χ1n) is 8.94. The number of carbonyl (C=O) groups is 1. The van der Waals surface area contributed by atoms with Gasteiger partial charge >= 0.3 is 0 Å². The maximum absolute atomic E-state index is 13.0. The summed E-state index contributed by atoms with van der Waals surface area (Å²) in [4.78, 5) is 34.3. The largest absolute Gasteiger partial charge is 0.497 e. The van der Waals surface area contributed by atoms with E-state index in [0.29, 0.717) is 28.4 Å². The molecule has 2 aromatic heterocycles. The number of hydrogen-bond acceptors (Lipinski definition) is 6. The summed E-state index contributed by atoms with van der Waals surface area (Å²) in [5.74, 6) is 0.513. The van der Waals surface area contributed by atoms with Crippen LogP contribution < -0.4 is 20.3 Å². The summed E-state index contributed by atoms with van der Waals surface area (Å²) in [5.41, 5.74) is 2.09. The SMILES string of the molecule is COc1ccc(NC(=O)c2c(C)ccn(Cc3cnc(C)cn3)c2=O)c(OC)c1. The summed E-state index contributed by atoms with van der Waals surface area (Å²) in [6.07, 6.45) is 4.89. The third kappa shape index (κ3) is 4.43. The highest BCUT2D eigenvalue weighted by Gasteiger charge is 2.18. The van der Waals surface area contributed by atoms with Crippen molar-refractivity contribution < 1.29 is 14.3 Å². The number of anilines is 1. The summed E-state index contributed by atoms with van der Waals surface area (Å²) in [6.45, 7) is 3.78. The van der Waals surface area contributed by atoms with E-state index < -0.39 is 11.5 Å². The van der Waals surface area contributed by atoms with Gasteiger partial charge in [-0.05, 0) is 37.6 Å². The smallest absolute Gasteiger partial charge is 0.264 e. The second-order valence-electron chi connectivity index (χ2n) is 6.48. The molecule has 8 nitrogen and oxygen atoms in total. The summed E-state index contributed by atoms with van der Waals surface area (Å²) in [7, 11) is 3.04. The summed E-state index contributed by atoms with van der Waals surface area (Å²) >= 11 is 0. The van der Waals surface area contributed by atoms with Gasteiger partial charge in [-0.15, -0.1) is 0 Å². The van der Waals surface area contributed by atoms with Crippen LogP contribution in [0.5, 0.6) is 11.5 Å². The van der Waals surface area contributed by atoms with Crippen molar-refractivity contribution in [2.45, 2.75) is 20.4 Å². The van der Waals surface area contributed by atoms with Crippen LogP contribution in [0.25, 0.3) is 0 Å². The molecule has 3 aromatic rings. The Kier molecular flexibility index (Phi) is 5.92. The molecule has 3 rings (SSSR count). The van der Waals surface area contributed by atoms with Crippen LogP contribution in [-0.2, 0) is 6.54 Å². The molecule has 0 aliphatic rings. The summed E-state index contributed by atoms with van der Waals surface area (Å²) < 4.78 is 11.9. The molecule has 0 spiro atoms. The van der Waals surface area contributed by atoms with Crippen LogP contribution in [0.3, 0.4) is 0 Å². The lowest BCUT2D eigenvalue weighted by atomic mass is 10.1. The molecule has 1 N–H and O–H groups in total. The van der Waals surface area contributed by atoms with Crippen molar-refractivity contribution in [3.63, 3.8) is 0 Å². The number of nitrogens with zero attached hydrogens (tertiary/aromatic N) is 3. The van der Waals surface area contributed by atoms with E-state index >= 15 is 0 Å². The number of ether oxygens (including phenoxy) is 2. The maximum atomic E-state index is 13.0. The highest BCUT2D eigenvalue weighted by atomic mass is 16.5. The fraction of sp³-hybridized carbons (Fsp3) is 0.238. The molecule has 0 atom stereocenters. The van der Waals surface area contributed by atoms with Gasteiger partial charge in [-0.1, -0.05) is 0 Å². The quantitative estimate of drug-likeness (QED) is 0.690. The Hall–Kier alpha value is -3.68. The number of nitrogens with one attached hydrogen (secondary N) is 1. The number of benzene rings is 1. The summed E-state index contributed by atoms with van der Waals surface area (Å²) in [6, 6.07) is 6.74. The molecule has 0 saturated carbocycles. The van der Waals surface area contributed by atoms with Gasteiger partial charge < -0.3 is 19.4 Å². The molecule has 0 radical (unpaired) electrons. The lowest BCUT2D eigenvalue weighted by Crippen LogP contribution is -2.30. The first-order valence-corrected chi connectivity index (χ1v) is 8.94. The highest BCUT2D eigenvalue weighted by Crippen LogP contribution is 2.29. The van der Waals surface area contributed by atoms with E-state index in [-0.39, 0.29) is 12.1 Å². The zero-order chi connectivity index (χ0) is 21.0. The van der Waals surface area contributed by atoms with E-state index in [1.165, 1.54) is 11.7 Å². The standard InChI is InChI=1S/C21H22N4O4/c1-13-7-8-25(12-15-11-22-14(2)10-23-15)21(27)19(13)20(26)24-17-6-5-16(28-3)9-18(17)29-4/h5-11H,12H2,1-4H3,(H,24,26). The van der Waals surface area contributed by atoms with E-state index in [1.54, 1.807) is 56.9 Å². The molecule has 1 aromatic carbocycles. The third-order valence-corrected chi connectivity index (χ3v) is 4.42. The van der Waals surface area contributed by atoms with Gasteiger partial charge in [0.15, 0.2) is 0 Å². The molecule has 150 valence electrons. The van der Waals surface area contributed by atoms with Crippen LogP contribution in [-0.4, -0.2) is 34.7 Å². The zero-order valence-corrected chi connectivity index (χ0v) is 16.7. The topological polar surface area (TPSA) is 95.3 Å². The fourth-order valence-electron chi connectivity index (χ4n) is 2.83. The molecule has 29 heavy (non-hydrogen) atoms. The minimum atomic E-state index is -0.514. The Morgan fingerprint density at radius 2 is 1.90 bits per heavy atom. The van der Waals surface area contributed by atoms with Crippen LogP contribution in [0.4, 0.5) is 5.69 Å². The summed E-state index contributed by atoms with van der Waals surface area (Å²) in [5, 5.41) is 2.75. The first-order chi connectivity index (χ1) is 13.9. The predicted molar refractivity (Wildman–Crippen MR) is 109 cm³/mol. The number of hydrogen-bond donors (Lipinski definition) is 1. The molecule has 0 aliphatic carbocycles. The van der Waals surface area contributed by atoms with Crippen LogP contribution in [0.15, 0.2) is 47.7 Å². The Bertz CT molecular complexity index is 1090. The Balaban J connectivity index is 1.91. The minimum absolute atomic E-state index is 0.0606. The minimum Gasteiger partial charge on any atom is -0.497 e. The van der Waals surface area contributed by atoms with Crippen molar-refractivity contribution in [2.24, 2.45) is 0 Å². The Morgan fingerprint density at radius 3 is 2.55 bits per heavy atom. The lowest BCUT2D eigenvalue weighted by molar-refractivity contribution is 0.102. The molecule has 0 unspecified atom stereocenters. The van der Waals surface area contributed by atoms with Gasteiger partial charge in [0.2, 0.25) is 0 Å². The monoisotopic (exact) mass is 394 g/mol. The number of carbonyl (C=O) groups excluding carboxylic acids is 1. The molecule has 0 fully saturated rings. The van der Waals surface area contributed by atoms with Crippen molar-refractivity contribution in [1.29, 1.82) is 0 Å². The highest BCUT2D eigenvalue weighted by molar-refractivity contribution is 6.05. The van der Waals surface area contributed by atoms with Gasteiger partial charge in [0.05, 0.1) is 44.0 Å². The Labute approximate surface area is 168 Å². The number of methoxy groups -OCH3 is 2. The van der Waals surface area contributed by atoms with Crippen LogP contribution >= 0.6 is 0 Å². The average Bonchev–Trinajstić information content (AvgIpc) is 2.72. The predicted octanol–water partition coefficient (Wildman–Crippen LogP) is 2.57. The zero-order valence-electron chi connectivity index (χ0n) is 16.7. The second kappa shape index (κ2) is 8.55. The van der Waals surface area contributed by atoms with E-state index in [4.69, 9.17) is 9.47 Å². The van der Waals surface area contributed by atoms with Crippen LogP contribution in [0.2, 0.25) is 0 Å². The van der Waals surface area contributed by atoms with Crippen molar-refractivity contribution in [2.75, 3.05) is 19.5 Å². The average molecular weight is 394 g/mol. The van der Waals surface area contributed by atoms with Gasteiger partial charge in [0.25, 0.3) is 11.5 Å². The third-order valence-electron chi connectivity index (χ3n) is 4.42. The van der Waals surface area contributed by atoms with E-state index in [2.05, 4.69) is 15.3 Å². The van der Waals surface area contributed by atoms with Crippen molar-refractivity contribution in [1.82, 2.24) is 14.5 Å². The Morgan fingerprint density at radius 1 is 1.10 bits per heavy atom. The number of aryl methyl sites for hydroxylation is 2. The van der Waals surface area contributed by atoms with Gasteiger partial charge in [-0.3, -0.25) is 19.6 Å². The van der Waals surface area contributed by atoms with Gasteiger partial charge in [0.1, 0.15) is 17.1 Å². The molecule has 0 saturated heterocycles. The fourth-order valence-corrected chi connectivity index (χ4v) is 2.83. The van der Waals surface area contributed by atoms with Crippen LogP contribution in [0.1, 0.15) is 27.3 Å². The molecule has 0 aliphatic heterocycles. The maximum Gasteiger partial charge on any atom is 0.264 e. The van der Waals surface area contributed by atoms with E-state index in [0.717, 1.165) is 5.69 Å². The van der Waals surface area contributed by atoms with Crippen molar-refractivity contribution >= 4 is 11.6 Å². The second-order valence-corrected chi connectivity index (χ2v) is 6.48. The molecule has 1 amide bonds. The molecule has 0 bridgehead atoms. The molecular weight excluding hydrogens is 372 g/mol. The van der Waals surface area contributed by atoms with Crippen molar-refractivity contribution in [3.8, 4) is 11.5 Å².